The molecule has 1 fully saturated rings. The number of likely N-dealkylation sites (N-methyl/N-ethyl adjacent to an activating group) is 1. The molecule has 2 aliphatic heterocycles. The zero-order valence-corrected chi connectivity index (χ0v) is 26.9. The van der Waals surface area contributed by atoms with E-state index >= 15 is 0 Å². The van der Waals surface area contributed by atoms with Gasteiger partial charge in [0.2, 0.25) is 0 Å². The zero-order valence-electron chi connectivity index (χ0n) is 26.1. The summed E-state index contributed by atoms with van der Waals surface area (Å²) in [4.78, 5) is 48.9. The molecule has 4 N–H and O–H groups in total. The summed E-state index contributed by atoms with van der Waals surface area (Å²) in [5, 5.41) is 5.38. The summed E-state index contributed by atoms with van der Waals surface area (Å²) in [7, 11) is 2.03. The van der Waals surface area contributed by atoms with Gasteiger partial charge in [-0.25, -0.2) is 4.79 Å². The fourth-order valence-corrected chi connectivity index (χ4v) is 6.48. The monoisotopic (exact) mass is 640 g/mol. The Kier molecular flexibility index (Phi) is 8.75. The van der Waals surface area contributed by atoms with Crippen molar-refractivity contribution in [1.29, 1.82) is 0 Å². The predicted octanol–water partition coefficient (Wildman–Crippen LogP) is 4.33. The van der Waals surface area contributed by atoms with Crippen LogP contribution in [0.5, 0.6) is 5.75 Å². The largest absolute Gasteiger partial charge is 0.415 e. The maximum atomic E-state index is 14.1. The first-order valence-electron chi connectivity index (χ1n) is 15.3. The van der Waals surface area contributed by atoms with Gasteiger partial charge in [0.1, 0.15) is 11.4 Å². The number of ether oxygens (including phenoxy) is 1. The Hall–Kier alpha value is -4.80. The van der Waals surface area contributed by atoms with Gasteiger partial charge >= 0.3 is 6.09 Å². The van der Waals surface area contributed by atoms with Gasteiger partial charge < -0.3 is 35.5 Å². The number of rotatable bonds is 5. The standard InChI is InChI=1S/C35H37ClN6O4/c1-4-26-27(5-2)32-23(19-36)20-42(30(32)18-31(26)46-35(45)41-14-12-40(3)13-15-41)34(44)29-17-22-16-25(10-11-28(22)39-29)38-33(43)21-6-8-24(37)9-7-21/h4-11,16-18,23,39H,12-15,19-20,37H2,1-3H3,(H,38,43)/b26-4+,27-5+/t23-/m1/s1. The molecule has 6 rings (SSSR count). The van der Waals surface area contributed by atoms with Crippen LogP contribution in [0.1, 0.15) is 46.2 Å². The van der Waals surface area contributed by atoms with Crippen LogP contribution in [0.3, 0.4) is 0 Å². The molecule has 0 unspecified atom stereocenters. The molecular weight excluding hydrogens is 604 g/mol. The molecule has 4 aromatic rings. The van der Waals surface area contributed by atoms with Crippen molar-refractivity contribution in [2.45, 2.75) is 19.8 Å². The number of hydrogen-bond acceptors (Lipinski definition) is 6. The van der Waals surface area contributed by atoms with Crippen molar-refractivity contribution in [2.75, 3.05) is 61.6 Å². The van der Waals surface area contributed by atoms with Crippen LogP contribution >= 0.6 is 11.6 Å². The van der Waals surface area contributed by atoms with Gasteiger partial charge in [0, 0.05) is 83.6 Å². The SMILES string of the molecule is C/C=c1/c2c(cc(OC(=O)N3CCN(C)CC3)/c1=C/C)N(C(=O)c1cc3cc(NC(=O)c4ccc(N)cc4)ccc3[nH]1)C[C@H]2CCl. The van der Waals surface area contributed by atoms with E-state index in [1.807, 2.05) is 45.2 Å². The number of carbonyl (C=O) groups is 3. The van der Waals surface area contributed by atoms with Crippen LogP contribution in [0.4, 0.5) is 21.9 Å². The number of amides is 3. The van der Waals surface area contributed by atoms with Crippen LogP contribution in [0.2, 0.25) is 0 Å². The van der Waals surface area contributed by atoms with Gasteiger partial charge in [-0.05, 0) is 80.2 Å². The maximum absolute atomic E-state index is 14.1. The second-order valence-electron chi connectivity index (χ2n) is 11.7. The molecule has 3 heterocycles. The van der Waals surface area contributed by atoms with Crippen molar-refractivity contribution >= 4 is 69.6 Å². The Morgan fingerprint density at radius 1 is 1.00 bits per heavy atom. The average molecular weight is 641 g/mol. The van der Waals surface area contributed by atoms with E-state index < -0.39 is 6.09 Å². The van der Waals surface area contributed by atoms with Gasteiger partial charge in [-0.2, -0.15) is 0 Å². The molecule has 10 nitrogen and oxygen atoms in total. The Labute approximate surface area is 272 Å². The summed E-state index contributed by atoms with van der Waals surface area (Å²) in [6.07, 6.45) is 3.51. The molecule has 2 aliphatic rings. The summed E-state index contributed by atoms with van der Waals surface area (Å²) >= 11 is 6.48. The third-order valence-electron chi connectivity index (χ3n) is 8.74. The second kappa shape index (κ2) is 12.9. The summed E-state index contributed by atoms with van der Waals surface area (Å²) in [5.74, 6) is 0.134. The van der Waals surface area contributed by atoms with Gasteiger partial charge in [0.15, 0.2) is 0 Å². The molecule has 1 atom stereocenters. The highest BCUT2D eigenvalue weighted by Gasteiger charge is 2.35. The number of fused-ring (bicyclic) bond motifs is 2. The number of halogens is 1. The number of hydrogen-bond donors (Lipinski definition) is 3. The van der Waals surface area contributed by atoms with Gasteiger partial charge in [-0.1, -0.05) is 12.2 Å². The molecule has 1 saturated heterocycles. The third-order valence-corrected chi connectivity index (χ3v) is 9.11. The van der Waals surface area contributed by atoms with Gasteiger partial charge in [0.25, 0.3) is 11.8 Å². The second-order valence-corrected chi connectivity index (χ2v) is 12.0. The third kappa shape index (κ3) is 5.93. The Morgan fingerprint density at radius 3 is 2.39 bits per heavy atom. The fraction of sp³-hybridized carbons (Fsp3) is 0.286. The van der Waals surface area contributed by atoms with Crippen molar-refractivity contribution in [3.05, 3.63) is 81.9 Å². The highest BCUT2D eigenvalue weighted by molar-refractivity contribution is 6.19. The number of piperazine rings is 1. The normalized spacial score (nSPS) is 17.4. The minimum absolute atomic E-state index is 0.104. The minimum Gasteiger partial charge on any atom is -0.409 e. The van der Waals surface area contributed by atoms with E-state index in [9.17, 15) is 14.4 Å². The molecule has 238 valence electrons. The smallest absolute Gasteiger partial charge is 0.409 e. The number of carbonyl (C=O) groups excluding carboxylic acids is 3. The van der Waals surface area contributed by atoms with Crippen LogP contribution in [0.25, 0.3) is 23.1 Å². The summed E-state index contributed by atoms with van der Waals surface area (Å²) in [6, 6.07) is 15.7. The van der Waals surface area contributed by atoms with Crippen LogP contribution in [-0.4, -0.2) is 78.3 Å². The summed E-state index contributed by atoms with van der Waals surface area (Å²) < 4.78 is 6.01. The molecule has 46 heavy (non-hydrogen) atoms. The van der Waals surface area contributed by atoms with Crippen LogP contribution in [0, 0.1) is 0 Å². The number of nitrogens with two attached hydrogens (primary N) is 1. The van der Waals surface area contributed by atoms with Crippen LogP contribution in [0.15, 0.2) is 54.6 Å². The van der Waals surface area contributed by atoms with Crippen molar-refractivity contribution in [3.63, 3.8) is 0 Å². The zero-order chi connectivity index (χ0) is 32.5. The first kappa shape index (κ1) is 31.2. The Bertz CT molecular complexity index is 1950. The first-order chi connectivity index (χ1) is 22.2. The highest BCUT2D eigenvalue weighted by Crippen LogP contribution is 2.37. The minimum atomic E-state index is -0.405. The Balaban J connectivity index is 1.31. The van der Waals surface area contributed by atoms with Crippen molar-refractivity contribution in [1.82, 2.24) is 14.8 Å². The Morgan fingerprint density at radius 2 is 1.72 bits per heavy atom. The lowest BCUT2D eigenvalue weighted by molar-refractivity contribution is 0.0983. The lowest BCUT2D eigenvalue weighted by Gasteiger charge is -2.31. The van der Waals surface area contributed by atoms with E-state index in [2.05, 4.69) is 15.2 Å². The van der Waals surface area contributed by atoms with Gasteiger partial charge in [-0.3, -0.25) is 9.59 Å². The fourth-order valence-electron chi connectivity index (χ4n) is 6.23. The molecule has 0 saturated carbocycles. The number of aromatic amines is 1. The van der Waals surface area contributed by atoms with E-state index in [0.29, 0.717) is 59.6 Å². The van der Waals surface area contributed by atoms with E-state index in [1.54, 1.807) is 52.3 Å². The maximum Gasteiger partial charge on any atom is 0.415 e. The molecule has 3 aromatic carbocycles. The molecule has 3 amide bonds. The number of aromatic nitrogens is 1. The molecule has 0 radical (unpaired) electrons. The quantitative estimate of drug-likeness (QED) is 0.220. The number of nitrogens with one attached hydrogen (secondary N) is 2. The summed E-state index contributed by atoms with van der Waals surface area (Å²) in [6.45, 7) is 6.96. The van der Waals surface area contributed by atoms with Crippen molar-refractivity contribution in [3.8, 4) is 5.75 Å². The van der Waals surface area contributed by atoms with E-state index in [1.165, 1.54) is 0 Å². The van der Waals surface area contributed by atoms with Crippen molar-refractivity contribution < 1.29 is 19.1 Å². The predicted molar refractivity (Wildman–Crippen MR) is 183 cm³/mol. The van der Waals surface area contributed by atoms with Crippen molar-refractivity contribution in [2.24, 2.45) is 0 Å². The molecule has 0 aliphatic carbocycles. The number of nitrogens with zero attached hydrogens (tertiary/aromatic N) is 3. The van der Waals surface area contributed by atoms with E-state index in [-0.39, 0.29) is 17.7 Å². The number of alkyl halides is 1. The average Bonchev–Trinajstić information content (AvgIpc) is 3.65. The molecule has 0 bridgehead atoms. The lowest BCUT2D eigenvalue weighted by Crippen LogP contribution is -2.48. The highest BCUT2D eigenvalue weighted by atomic mass is 35.5. The number of anilines is 3. The van der Waals surface area contributed by atoms with E-state index in [4.69, 9.17) is 22.1 Å². The van der Waals surface area contributed by atoms with Gasteiger partial charge in [-0.15, -0.1) is 11.6 Å². The molecule has 0 spiro atoms. The summed E-state index contributed by atoms with van der Waals surface area (Å²) in [5.41, 5.74) is 10.2. The molecule has 1 aromatic heterocycles. The topological polar surface area (TPSA) is 124 Å². The first-order valence-corrected chi connectivity index (χ1v) is 15.9. The van der Waals surface area contributed by atoms with Gasteiger partial charge in [0.05, 0.1) is 5.69 Å². The molecular formula is C35H37ClN6O4. The van der Waals surface area contributed by atoms with E-state index in [0.717, 1.165) is 40.0 Å². The molecule has 11 heteroatoms. The number of nitrogen functional groups attached to an aromatic ring is 1. The number of H-pyrrole nitrogens is 1. The lowest BCUT2D eigenvalue weighted by atomic mass is 9.98. The van der Waals surface area contributed by atoms with Crippen LogP contribution in [-0.2, 0) is 0 Å². The van der Waals surface area contributed by atoms with Crippen LogP contribution < -0.4 is 31.1 Å². The number of benzene rings is 3.